The Balaban J connectivity index is 1.45. The van der Waals surface area contributed by atoms with E-state index < -0.39 is 0 Å². The van der Waals surface area contributed by atoms with Crippen molar-refractivity contribution in [3.05, 3.63) is 35.6 Å². The average molecular weight is 287 g/mol. The molecule has 0 unspecified atom stereocenters. The lowest BCUT2D eigenvalue weighted by molar-refractivity contribution is 0.122. The first-order chi connectivity index (χ1) is 10.4. The molecule has 0 amide bonds. The molecule has 2 aromatic rings. The minimum absolute atomic E-state index is 0.863. The van der Waals surface area contributed by atoms with Crippen molar-refractivity contribution < 1.29 is 9.15 Å². The van der Waals surface area contributed by atoms with E-state index in [4.69, 9.17) is 9.15 Å². The molecule has 1 aromatic carbocycles. The molecule has 1 N–H and O–H groups in total. The van der Waals surface area contributed by atoms with Gasteiger partial charge < -0.3 is 14.5 Å². The van der Waals surface area contributed by atoms with Gasteiger partial charge >= 0.3 is 0 Å². The Kier molecular flexibility index (Phi) is 4.94. The smallest absolute Gasteiger partial charge is 0.134 e. The summed E-state index contributed by atoms with van der Waals surface area (Å²) in [5.74, 6) is 1.97. The van der Waals surface area contributed by atoms with Gasteiger partial charge in [0.1, 0.15) is 11.3 Å². The first-order valence-electron chi connectivity index (χ1n) is 8.16. The lowest BCUT2D eigenvalue weighted by Gasteiger charge is -2.06. The molecule has 1 heterocycles. The fourth-order valence-electron chi connectivity index (χ4n) is 2.68. The third-order valence-corrected chi connectivity index (χ3v) is 4.10. The van der Waals surface area contributed by atoms with Gasteiger partial charge in [0.15, 0.2) is 0 Å². The summed E-state index contributed by atoms with van der Waals surface area (Å²) in [4.78, 5) is 0. The van der Waals surface area contributed by atoms with Crippen LogP contribution in [0, 0.1) is 5.92 Å². The number of nitrogens with one attached hydrogen (secondary N) is 1. The fraction of sp³-hybridized carbons (Fsp3) is 0.556. The zero-order valence-electron chi connectivity index (χ0n) is 12.9. The molecule has 1 saturated carbocycles. The molecule has 21 heavy (non-hydrogen) atoms. The summed E-state index contributed by atoms with van der Waals surface area (Å²) in [6.45, 7) is 5.85. The molecule has 1 fully saturated rings. The van der Waals surface area contributed by atoms with Crippen molar-refractivity contribution >= 4 is 11.0 Å². The third kappa shape index (κ3) is 3.86. The molecule has 1 aliphatic rings. The van der Waals surface area contributed by atoms with E-state index in [0.717, 1.165) is 56.4 Å². The van der Waals surface area contributed by atoms with Gasteiger partial charge in [0.25, 0.3) is 0 Å². The van der Waals surface area contributed by atoms with Gasteiger partial charge in [-0.3, -0.25) is 0 Å². The Morgan fingerprint density at radius 2 is 2.14 bits per heavy atom. The monoisotopic (exact) mass is 287 g/mol. The van der Waals surface area contributed by atoms with E-state index in [1.165, 1.54) is 23.8 Å². The van der Waals surface area contributed by atoms with Gasteiger partial charge in [0, 0.05) is 37.1 Å². The standard InChI is InChI=1S/C18H25NO2/c1-2-17-16(15-6-3-4-7-18(15)21-17)12-19-10-5-11-20-13-14-8-9-14/h3-4,6-7,14,19H,2,5,8-13H2,1H3. The molecule has 3 nitrogen and oxygen atoms in total. The van der Waals surface area contributed by atoms with Crippen LogP contribution in [-0.2, 0) is 17.7 Å². The van der Waals surface area contributed by atoms with Crippen LogP contribution in [0.3, 0.4) is 0 Å². The number of ether oxygens (including phenoxy) is 1. The highest BCUT2D eigenvalue weighted by atomic mass is 16.5. The predicted octanol–water partition coefficient (Wildman–Crippen LogP) is 3.90. The molecule has 0 aliphatic heterocycles. The molecular weight excluding hydrogens is 262 g/mol. The molecule has 1 aliphatic carbocycles. The van der Waals surface area contributed by atoms with Gasteiger partial charge in [-0.2, -0.15) is 0 Å². The van der Waals surface area contributed by atoms with Gasteiger partial charge in [-0.15, -0.1) is 0 Å². The summed E-state index contributed by atoms with van der Waals surface area (Å²) < 4.78 is 11.6. The summed E-state index contributed by atoms with van der Waals surface area (Å²) in [6.07, 6.45) is 4.75. The lowest BCUT2D eigenvalue weighted by Crippen LogP contribution is -2.17. The van der Waals surface area contributed by atoms with Crippen molar-refractivity contribution in [2.24, 2.45) is 5.92 Å². The van der Waals surface area contributed by atoms with Gasteiger partial charge in [-0.25, -0.2) is 0 Å². The highest BCUT2D eigenvalue weighted by Gasteiger charge is 2.20. The van der Waals surface area contributed by atoms with Crippen LogP contribution in [0.1, 0.15) is 37.5 Å². The Morgan fingerprint density at radius 1 is 1.29 bits per heavy atom. The fourth-order valence-corrected chi connectivity index (χ4v) is 2.68. The summed E-state index contributed by atoms with van der Waals surface area (Å²) in [5.41, 5.74) is 2.31. The second-order valence-electron chi connectivity index (χ2n) is 5.90. The highest BCUT2D eigenvalue weighted by molar-refractivity contribution is 5.82. The Hall–Kier alpha value is -1.32. The quantitative estimate of drug-likeness (QED) is 0.710. The zero-order valence-corrected chi connectivity index (χ0v) is 12.9. The Bertz CT molecular complexity index is 572. The number of aryl methyl sites for hydroxylation is 1. The largest absolute Gasteiger partial charge is 0.461 e. The van der Waals surface area contributed by atoms with Gasteiger partial charge in [-0.05, 0) is 37.8 Å². The second kappa shape index (κ2) is 7.10. The average Bonchev–Trinajstić information content (AvgIpc) is 3.27. The highest BCUT2D eigenvalue weighted by Crippen LogP contribution is 2.28. The third-order valence-electron chi connectivity index (χ3n) is 4.10. The van der Waals surface area contributed by atoms with Crippen LogP contribution >= 0.6 is 0 Å². The molecule has 3 rings (SSSR count). The van der Waals surface area contributed by atoms with Crippen LogP contribution in [0.2, 0.25) is 0 Å². The lowest BCUT2D eigenvalue weighted by atomic mass is 10.1. The molecule has 0 saturated heterocycles. The van der Waals surface area contributed by atoms with Crippen molar-refractivity contribution in [1.29, 1.82) is 0 Å². The van der Waals surface area contributed by atoms with E-state index in [2.05, 4.69) is 24.4 Å². The molecular formula is C18H25NO2. The van der Waals surface area contributed by atoms with Crippen molar-refractivity contribution in [2.45, 2.75) is 39.2 Å². The molecule has 114 valence electrons. The number of fused-ring (bicyclic) bond motifs is 1. The predicted molar refractivity (Wildman–Crippen MR) is 85.5 cm³/mol. The molecule has 0 bridgehead atoms. The Morgan fingerprint density at radius 3 is 2.95 bits per heavy atom. The van der Waals surface area contributed by atoms with E-state index >= 15 is 0 Å². The van der Waals surface area contributed by atoms with Gasteiger partial charge in [0.2, 0.25) is 0 Å². The maximum atomic E-state index is 5.91. The minimum Gasteiger partial charge on any atom is -0.461 e. The first kappa shape index (κ1) is 14.6. The minimum atomic E-state index is 0.863. The van der Waals surface area contributed by atoms with E-state index in [1.807, 2.05) is 12.1 Å². The number of hydrogen-bond donors (Lipinski definition) is 1. The first-order valence-corrected chi connectivity index (χ1v) is 8.16. The maximum absolute atomic E-state index is 5.91. The van der Waals surface area contributed by atoms with Crippen LogP contribution in [0.15, 0.2) is 28.7 Å². The molecule has 0 spiro atoms. The van der Waals surface area contributed by atoms with Crippen LogP contribution in [-0.4, -0.2) is 19.8 Å². The van der Waals surface area contributed by atoms with Crippen molar-refractivity contribution in [3.63, 3.8) is 0 Å². The van der Waals surface area contributed by atoms with Crippen molar-refractivity contribution in [2.75, 3.05) is 19.8 Å². The van der Waals surface area contributed by atoms with Crippen LogP contribution in [0.25, 0.3) is 11.0 Å². The van der Waals surface area contributed by atoms with Crippen molar-refractivity contribution in [3.8, 4) is 0 Å². The number of para-hydroxylation sites is 1. The summed E-state index contributed by atoms with van der Waals surface area (Å²) in [5, 5.41) is 4.76. The number of benzene rings is 1. The zero-order chi connectivity index (χ0) is 14.5. The van der Waals surface area contributed by atoms with E-state index in [1.54, 1.807) is 0 Å². The number of hydrogen-bond acceptors (Lipinski definition) is 3. The maximum Gasteiger partial charge on any atom is 0.134 e. The van der Waals surface area contributed by atoms with Gasteiger partial charge in [-0.1, -0.05) is 25.1 Å². The number of furan rings is 1. The summed E-state index contributed by atoms with van der Waals surface area (Å²) in [7, 11) is 0. The van der Waals surface area contributed by atoms with Crippen LogP contribution < -0.4 is 5.32 Å². The molecule has 0 atom stereocenters. The van der Waals surface area contributed by atoms with E-state index in [-0.39, 0.29) is 0 Å². The molecule has 1 aromatic heterocycles. The molecule has 3 heteroatoms. The van der Waals surface area contributed by atoms with E-state index in [9.17, 15) is 0 Å². The molecule has 0 radical (unpaired) electrons. The topological polar surface area (TPSA) is 34.4 Å². The summed E-state index contributed by atoms with van der Waals surface area (Å²) in [6, 6.07) is 8.30. The van der Waals surface area contributed by atoms with Gasteiger partial charge in [0.05, 0.1) is 0 Å². The number of rotatable bonds is 9. The summed E-state index contributed by atoms with van der Waals surface area (Å²) >= 11 is 0. The van der Waals surface area contributed by atoms with Crippen LogP contribution in [0.5, 0.6) is 0 Å². The second-order valence-corrected chi connectivity index (χ2v) is 5.90. The van der Waals surface area contributed by atoms with E-state index in [0.29, 0.717) is 0 Å². The Labute approximate surface area is 126 Å². The van der Waals surface area contributed by atoms with Crippen LogP contribution in [0.4, 0.5) is 0 Å². The normalized spacial score (nSPS) is 14.9. The van der Waals surface area contributed by atoms with Crippen molar-refractivity contribution in [1.82, 2.24) is 5.32 Å². The SMILES string of the molecule is CCc1oc2ccccc2c1CNCCCOCC1CC1.